The number of carbonyl (C=O) groups excluding carboxylic acids is 1. The Labute approximate surface area is 105 Å². The van der Waals surface area contributed by atoms with Crippen LogP contribution >= 0.6 is 0 Å². The van der Waals surface area contributed by atoms with Gasteiger partial charge in [0, 0.05) is 0 Å². The Kier molecular flexibility index (Phi) is 4.25. The van der Waals surface area contributed by atoms with Crippen molar-refractivity contribution < 1.29 is 14.3 Å². The summed E-state index contributed by atoms with van der Waals surface area (Å²) in [6.45, 7) is 0. The molecule has 1 fully saturated rings. The highest BCUT2D eigenvalue weighted by Gasteiger charge is 2.23. The van der Waals surface area contributed by atoms with E-state index >= 15 is 0 Å². The van der Waals surface area contributed by atoms with Gasteiger partial charge in [0.25, 0.3) is 5.91 Å². The van der Waals surface area contributed by atoms with Gasteiger partial charge < -0.3 is 10.4 Å². The van der Waals surface area contributed by atoms with Gasteiger partial charge in [0.2, 0.25) is 0 Å². The first-order chi connectivity index (χ1) is 8.66. The monoisotopic (exact) mass is 252 g/mol. The topological polar surface area (TPSA) is 62.2 Å². The van der Waals surface area contributed by atoms with Gasteiger partial charge in [-0.3, -0.25) is 4.79 Å². The third-order valence-corrected chi connectivity index (χ3v) is 3.26. The van der Waals surface area contributed by atoms with Crippen LogP contribution in [0.1, 0.15) is 42.6 Å². The molecule has 18 heavy (non-hydrogen) atoms. The minimum atomic E-state index is -0.503. The zero-order valence-electron chi connectivity index (χ0n) is 10.1. The van der Waals surface area contributed by atoms with Gasteiger partial charge in [0.05, 0.1) is 18.3 Å². The Bertz CT molecular complexity index is 408. The van der Waals surface area contributed by atoms with Gasteiger partial charge in [0.15, 0.2) is 0 Å². The molecule has 1 saturated carbocycles. The van der Waals surface area contributed by atoms with Crippen molar-refractivity contribution in [3.8, 4) is 0 Å². The SMILES string of the molecule is O=C(NC1CCCCCC1O)c1ccc(F)cn1. The van der Waals surface area contributed by atoms with Crippen molar-refractivity contribution in [1.82, 2.24) is 10.3 Å². The summed E-state index contributed by atoms with van der Waals surface area (Å²) in [6, 6.07) is 2.31. The second-order valence-electron chi connectivity index (χ2n) is 4.65. The van der Waals surface area contributed by atoms with E-state index in [1.165, 1.54) is 12.1 Å². The van der Waals surface area contributed by atoms with Crippen molar-refractivity contribution in [2.75, 3.05) is 0 Å². The molecule has 1 heterocycles. The second-order valence-corrected chi connectivity index (χ2v) is 4.65. The molecule has 0 radical (unpaired) electrons. The first kappa shape index (κ1) is 13.0. The quantitative estimate of drug-likeness (QED) is 0.787. The van der Waals surface area contributed by atoms with E-state index in [1.807, 2.05) is 0 Å². The van der Waals surface area contributed by atoms with Crippen LogP contribution in [0.2, 0.25) is 0 Å². The van der Waals surface area contributed by atoms with Gasteiger partial charge in [-0.15, -0.1) is 0 Å². The van der Waals surface area contributed by atoms with Gasteiger partial charge in [0.1, 0.15) is 11.5 Å². The number of hydrogen-bond acceptors (Lipinski definition) is 3. The summed E-state index contributed by atoms with van der Waals surface area (Å²) in [5.41, 5.74) is 0.174. The summed E-state index contributed by atoms with van der Waals surface area (Å²) >= 11 is 0. The van der Waals surface area contributed by atoms with Crippen molar-refractivity contribution in [3.05, 3.63) is 29.8 Å². The highest BCUT2D eigenvalue weighted by Crippen LogP contribution is 2.18. The standard InChI is InChI=1S/C13H17FN2O2/c14-9-6-7-11(15-8-9)13(18)16-10-4-2-1-3-5-12(10)17/h6-8,10,12,17H,1-5H2,(H,16,18). The Morgan fingerprint density at radius 2 is 2.11 bits per heavy atom. The molecule has 0 bridgehead atoms. The number of aromatic nitrogens is 1. The number of nitrogens with one attached hydrogen (secondary N) is 1. The van der Waals surface area contributed by atoms with Crippen LogP contribution in [0.5, 0.6) is 0 Å². The lowest BCUT2D eigenvalue weighted by atomic mass is 10.1. The molecule has 2 rings (SSSR count). The van der Waals surface area contributed by atoms with Gasteiger partial charge in [-0.1, -0.05) is 19.3 Å². The van der Waals surface area contributed by atoms with Crippen LogP contribution in [-0.2, 0) is 0 Å². The molecule has 2 N–H and O–H groups in total. The lowest BCUT2D eigenvalue weighted by molar-refractivity contribution is 0.0814. The van der Waals surface area contributed by atoms with Crippen molar-refractivity contribution in [2.45, 2.75) is 44.2 Å². The van der Waals surface area contributed by atoms with E-state index in [0.717, 1.165) is 31.9 Å². The molecule has 0 aromatic carbocycles. The fraction of sp³-hybridized carbons (Fsp3) is 0.538. The van der Waals surface area contributed by atoms with Crippen molar-refractivity contribution in [1.29, 1.82) is 0 Å². The first-order valence-corrected chi connectivity index (χ1v) is 6.27. The van der Waals surface area contributed by atoms with Gasteiger partial charge in [-0.05, 0) is 25.0 Å². The molecule has 1 aromatic heterocycles. The highest BCUT2D eigenvalue weighted by atomic mass is 19.1. The number of pyridine rings is 1. The van der Waals surface area contributed by atoms with E-state index in [-0.39, 0.29) is 17.6 Å². The van der Waals surface area contributed by atoms with E-state index < -0.39 is 11.9 Å². The van der Waals surface area contributed by atoms with Crippen LogP contribution in [0.3, 0.4) is 0 Å². The van der Waals surface area contributed by atoms with Gasteiger partial charge in [-0.2, -0.15) is 0 Å². The number of hydrogen-bond donors (Lipinski definition) is 2. The maximum Gasteiger partial charge on any atom is 0.270 e. The second kappa shape index (κ2) is 5.91. The van der Waals surface area contributed by atoms with Crippen LogP contribution in [0.4, 0.5) is 4.39 Å². The summed E-state index contributed by atoms with van der Waals surface area (Å²) in [7, 11) is 0. The van der Waals surface area contributed by atoms with Crippen molar-refractivity contribution in [3.63, 3.8) is 0 Å². The summed E-state index contributed by atoms with van der Waals surface area (Å²) in [6.07, 6.45) is 5.06. The van der Waals surface area contributed by atoms with E-state index in [9.17, 15) is 14.3 Å². The van der Waals surface area contributed by atoms with E-state index in [1.54, 1.807) is 0 Å². The molecule has 0 spiro atoms. The Morgan fingerprint density at radius 1 is 1.33 bits per heavy atom. The molecule has 4 nitrogen and oxygen atoms in total. The van der Waals surface area contributed by atoms with E-state index in [4.69, 9.17) is 0 Å². The van der Waals surface area contributed by atoms with Gasteiger partial charge >= 0.3 is 0 Å². The number of carbonyl (C=O) groups is 1. The van der Waals surface area contributed by atoms with E-state index in [0.29, 0.717) is 6.42 Å². The number of aliphatic hydroxyl groups is 1. The molecule has 98 valence electrons. The molecular weight excluding hydrogens is 235 g/mol. The highest BCUT2D eigenvalue weighted by molar-refractivity contribution is 5.92. The average Bonchev–Trinajstić information content (AvgIpc) is 2.56. The summed E-state index contributed by atoms with van der Waals surface area (Å²) in [5.74, 6) is -0.831. The third kappa shape index (κ3) is 3.26. The number of rotatable bonds is 2. The van der Waals surface area contributed by atoms with Crippen LogP contribution in [0.25, 0.3) is 0 Å². The number of nitrogens with zero attached hydrogens (tertiary/aromatic N) is 1. The molecule has 1 aliphatic rings. The molecular formula is C13H17FN2O2. The molecule has 1 amide bonds. The molecule has 2 unspecified atom stereocenters. The summed E-state index contributed by atoms with van der Waals surface area (Å²) in [5, 5.41) is 12.7. The molecule has 2 atom stereocenters. The molecule has 0 aliphatic heterocycles. The Morgan fingerprint density at radius 3 is 2.83 bits per heavy atom. The summed E-state index contributed by atoms with van der Waals surface area (Å²) < 4.78 is 12.7. The fourth-order valence-electron chi connectivity index (χ4n) is 2.21. The minimum Gasteiger partial charge on any atom is -0.391 e. The predicted molar refractivity (Wildman–Crippen MR) is 64.5 cm³/mol. The average molecular weight is 252 g/mol. The Balaban J connectivity index is 1.99. The van der Waals surface area contributed by atoms with Crippen LogP contribution in [0, 0.1) is 5.82 Å². The fourth-order valence-corrected chi connectivity index (χ4v) is 2.21. The molecule has 5 heteroatoms. The van der Waals surface area contributed by atoms with Crippen LogP contribution < -0.4 is 5.32 Å². The smallest absolute Gasteiger partial charge is 0.270 e. The Hall–Kier alpha value is -1.49. The number of aliphatic hydroxyl groups excluding tert-OH is 1. The van der Waals surface area contributed by atoms with Gasteiger partial charge in [-0.25, -0.2) is 9.37 Å². The lowest BCUT2D eigenvalue weighted by Gasteiger charge is -2.21. The lowest BCUT2D eigenvalue weighted by Crippen LogP contribution is -2.42. The third-order valence-electron chi connectivity index (χ3n) is 3.26. The first-order valence-electron chi connectivity index (χ1n) is 6.27. The molecule has 0 saturated heterocycles. The van der Waals surface area contributed by atoms with E-state index in [2.05, 4.69) is 10.3 Å². The largest absolute Gasteiger partial charge is 0.391 e. The normalized spacial score (nSPS) is 24.3. The molecule has 1 aromatic rings. The van der Waals surface area contributed by atoms with Crippen LogP contribution in [0.15, 0.2) is 18.3 Å². The number of amides is 1. The zero-order chi connectivity index (χ0) is 13.0. The molecule has 1 aliphatic carbocycles. The maximum absolute atomic E-state index is 12.7. The zero-order valence-corrected chi connectivity index (χ0v) is 10.1. The maximum atomic E-state index is 12.7. The number of halogens is 1. The van der Waals surface area contributed by atoms with Crippen molar-refractivity contribution in [2.24, 2.45) is 0 Å². The van der Waals surface area contributed by atoms with Crippen LogP contribution in [-0.4, -0.2) is 28.1 Å². The predicted octanol–water partition coefficient (Wildman–Crippen LogP) is 1.64. The summed E-state index contributed by atoms with van der Waals surface area (Å²) in [4.78, 5) is 15.6. The minimum absolute atomic E-state index is 0.174. The van der Waals surface area contributed by atoms with Crippen molar-refractivity contribution >= 4 is 5.91 Å².